The van der Waals surface area contributed by atoms with Crippen LogP contribution in [0.1, 0.15) is 16.7 Å². The summed E-state index contributed by atoms with van der Waals surface area (Å²) in [6.45, 7) is 5.93. The zero-order chi connectivity index (χ0) is 17.5. The van der Waals surface area contributed by atoms with Gasteiger partial charge in [0, 0.05) is 31.6 Å². The predicted octanol–water partition coefficient (Wildman–Crippen LogP) is 1.80. The molecular formula is C17H20N4O2S. The first kappa shape index (κ1) is 16.7. The smallest absolute Gasteiger partial charge is 0.211 e. The number of pyridine rings is 1. The van der Waals surface area contributed by atoms with Gasteiger partial charge in [0.25, 0.3) is 0 Å². The van der Waals surface area contributed by atoms with Crippen LogP contribution in [0.5, 0.6) is 0 Å². The molecule has 0 bridgehead atoms. The molecule has 6 nitrogen and oxygen atoms in total. The van der Waals surface area contributed by atoms with Crippen LogP contribution in [0.25, 0.3) is 10.9 Å². The molecule has 3 rings (SSSR count). The monoisotopic (exact) mass is 344 g/mol. The number of aryl methyl sites for hydroxylation is 2. The number of benzene rings is 1. The van der Waals surface area contributed by atoms with Gasteiger partial charge in [-0.1, -0.05) is 6.07 Å². The van der Waals surface area contributed by atoms with E-state index in [4.69, 9.17) is 4.98 Å². The van der Waals surface area contributed by atoms with Crippen LogP contribution < -0.4 is 4.90 Å². The Hall–Kier alpha value is -2.17. The quantitative estimate of drug-likeness (QED) is 0.830. The van der Waals surface area contributed by atoms with Crippen LogP contribution >= 0.6 is 0 Å². The number of aromatic nitrogens is 1. The number of rotatable bonds is 2. The SMILES string of the molecule is Cc1cc(C)c2cc(C#N)c(N3CCN(S(C)(=O)=O)CC3)nc2c1. The molecule has 0 saturated carbocycles. The molecule has 1 aliphatic heterocycles. The topological polar surface area (TPSA) is 77.3 Å². The lowest BCUT2D eigenvalue weighted by molar-refractivity contribution is 0.387. The van der Waals surface area contributed by atoms with E-state index >= 15 is 0 Å². The van der Waals surface area contributed by atoms with E-state index in [1.807, 2.05) is 30.9 Å². The van der Waals surface area contributed by atoms with E-state index < -0.39 is 10.0 Å². The second-order valence-electron chi connectivity index (χ2n) is 6.27. The number of hydrogen-bond acceptors (Lipinski definition) is 5. The van der Waals surface area contributed by atoms with Gasteiger partial charge in [-0.3, -0.25) is 0 Å². The van der Waals surface area contributed by atoms with Crippen LogP contribution in [0, 0.1) is 25.2 Å². The van der Waals surface area contributed by atoms with Crippen LogP contribution in [0.2, 0.25) is 0 Å². The Balaban J connectivity index is 1.99. The average molecular weight is 344 g/mol. The van der Waals surface area contributed by atoms with Gasteiger partial charge in [-0.05, 0) is 37.1 Å². The molecular weight excluding hydrogens is 324 g/mol. The minimum Gasteiger partial charge on any atom is -0.353 e. The Kier molecular flexibility index (Phi) is 4.20. The summed E-state index contributed by atoms with van der Waals surface area (Å²) in [6, 6.07) is 8.21. The van der Waals surface area contributed by atoms with Crippen molar-refractivity contribution in [3.8, 4) is 6.07 Å². The van der Waals surface area contributed by atoms with Gasteiger partial charge < -0.3 is 4.90 Å². The third kappa shape index (κ3) is 3.07. The standard InChI is InChI=1S/C17H20N4O2S/c1-12-8-13(2)15-10-14(11-18)17(19-16(15)9-12)20-4-6-21(7-5-20)24(3,22)23/h8-10H,4-7H2,1-3H3. The molecule has 126 valence electrons. The van der Waals surface area contributed by atoms with Gasteiger partial charge in [-0.2, -0.15) is 9.57 Å². The highest BCUT2D eigenvalue weighted by molar-refractivity contribution is 7.88. The lowest BCUT2D eigenvalue weighted by Gasteiger charge is -2.34. The van der Waals surface area contributed by atoms with Crippen molar-refractivity contribution in [2.45, 2.75) is 13.8 Å². The van der Waals surface area contributed by atoms with Crippen molar-refractivity contribution in [1.29, 1.82) is 5.26 Å². The summed E-state index contributed by atoms with van der Waals surface area (Å²) in [6.07, 6.45) is 1.23. The van der Waals surface area contributed by atoms with Crippen molar-refractivity contribution >= 4 is 26.7 Å². The fourth-order valence-corrected chi connectivity index (χ4v) is 4.00. The number of nitrogens with zero attached hydrogens (tertiary/aromatic N) is 4. The minimum atomic E-state index is -3.17. The summed E-state index contributed by atoms with van der Waals surface area (Å²) in [7, 11) is -3.17. The summed E-state index contributed by atoms with van der Waals surface area (Å²) < 4.78 is 24.7. The second-order valence-corrected chi connectivity index (χ2v) is 8.25. The Bertz CT molecular complexity index is 939. The lowest BCUT2D eigenvalue weighted by Crippen LogP contribution is -2.48. The molecule has 1 aromatic heterocycles. The maximum absolute atomic E-state index is 11.6. The molecule has 0 unspecified atom stereocenters. The van der Waals surface area contributed by atoms with Gasteiger partial charge in [-0.25, -0.2) is 13.4 Å². The van der Waals surface area contributed by atoms with Crippen molar-refractivity contribution in [2.75, 3.05) is 37.3 Å². The first-order valence-corrected chi connectivity index (χ1v) is 9.66. The van der Waals surface area contributed by atoms with E-state index in [1.54, 1.807) is 0 Å². The maximum Gasteiger partial charge on any atom is 0.211 e. The molecule has 0 N–H and O–H groups in total. The Morgan fingerprint density at radius 3 is 2.38 bits per heavy atom. The summed E-state index contributed by atoms with van der Waals surface area (Å²) in [5.41, 5.74) is 3.63. The highest BCUT2D eigenvalue weighted by Crippen LogP contribution is 2.27. The third-order valence-corrected chi connectivity index (χ3v) is 5.70. The van der Waals surface area contributed by atoms with Crippen LogP contribution in [-0.2, 0) is 10.0 Å². The molecule has 0 atom stereocenters. The number of piperazine rings is 1. The molecule has 1 saturated heterocycles. The van der Waals surface area contributed by atoms with Crippen molar-refractivity contribution in [3.05, 3.63) is 34.9 Å². The molecule has 0 spiro atoms. The summed E-state index contributed by atoms with van der Waals surface area (Å²) in [5, 5.41) is 10.5. The molecule has 0 amide bonds. The van der Waals surface area contributed by atoms with E-state index in [1.165, 1.54) is 10.6 Å². The molecule has 2 heterocycles. The van der Waals surface area contributed by atoms with Crippen molar-refractivity contribution < 1.29 is 8.42 Å². The Morgan fingerprint density at radius 1 is 1.12 bits per heavy atom. The highest BCUT2D eigenvalue weighted by Gasteiger charge is 2.25. The molecule has 1 aromatic carbocycles. The van der Waals surface area contributed by atoms with Gasteiger partial charge in [-0.15, -0.1) is 0 Å². The van der Waals surface area contributed by atoms with E-state index in [-0.39, 0.29) is 0 Å². The van der Waals surface area contributed by atoms with Gasteiger partial charge >= 0.3 is 0 Å². The zero-order valence-electron chi connectivity index (χ0n) is 14.1. The molecule has 0 radical (unpaired) electrons. The van der Waals surface area contributed by atoms with E-state index in [0.717, 1.165) is 22.0 Å². The average Bonchev–Trinajstić information content (AvgIpc) is 2.53. The molecule has 1 fully saturated rings. The first-order valence-electron chi connectivity index (χ1n) is 7.82. The zero-order valence-corrected chi connectivity index (χ0v) is 14.9. The van der Waals surface area contributed by atoms with E-state index in [9.17, 15) is 13.7 Å². The predicted molar refractivity (Wildman–Crippen MR) is 94.6 cm³/mol. The van der Waals surface area contributed by atoms with Gasteiger partial charge in [0.2, 0.25) is 10.0 Å². The largest absolute Gasteiger partial charge is 0.353 e. The van der Waals surface area contributed by atoms with Gasteiger partial charge in [0.1, 0.15) is 11.9 Å². The number of fused-ring (bicyclic) bond motifs is 1. The summed E-state index contributed by atoms with van der Waals surface area (Å²) >= 11 is 0. The Labute approximate surface area is 142 Å². The summed E-state index contributed by atoms with van der Waals surface area (Å²) in [4.78, 5) is 6.71. The number of nitriles is 1. The first-order chi connectivity index (χ1) is 11.3. The Morgan fingerprint density at radius 2 is 1.79 bits per heavy atom. The fraction of sp³-hybridized carbons (Fsp3) is 0.412. The minimum absolute atomic E-state index is 0.413. The lowest BCUT2D eigenvalue weighted by atomic mass is 10.0. The molecule has 0 aliphatic carbocycles. The van der Waals surface area contributed by atoms with Crippen molar-refractivity contribution in [3.63, 3.8) is 0 Å². The maximum atomic E-state index is 11.6. The van der Waals surface area contributed by atoms with Crippen molar-refractivity contribution in [2.24, 2.45) is 0 Å². The summed E-state index contributed by atoms with van der Waals surface area (Å²) in [5.74, 6) is 0.642. The van der Waals surface area contributed by atoms with Crippen LogP contribution in [0.4, 0.5) is 5.82 Å². The van der Waals surface area contributed by atoms with Gasteiger partial charge in [0.05, 0.1) is 17.3 Å². The van der Waals surface area contributed by atoms with Crippen LogP contribution in [0.15, 0.2) is 18.2 Å². The second kappa shape index (κ2) is 6.04. The molecule has 7 heteroatoms. The highest BCUT2D eigenvalue weighted by atomic mass is 32.2. The third-order valence-electron chi connectivity index (χ3n) is 4.39. The van der Waals surface area contributed by atoms with Gasteiger partial charge in [0.15, 0.2) is 0 Å². The number of anilines is 1. The number of hydrogen-bond donors (Lipinski definition) is 0. The van der Waals surface area contributed by atoms with Crippen molar-refractivity contribution in [1.82, 2.24) is 9.29 Å². The van der Waals surface area contributed by atoms with Crippen LogP contribution in [0.3, 0.4) is 0 Å². The molecule has 2 aromatic rings. The number of sulfonamides is 1. The molecule has 24 heavy (non-hydrogen) atoms. The molecule has 1 aliphatic rings. The van der Waals surface area contributed by atoms with E-state index in [0.29, 0.717) is 37.6 Å². The normalized spacial score (nSPS) is 16.3. The van der Waals surface area contributed by atoms with E-state index in [2.05, 4.69) is 12.1 Å². The van der Waals surface area contributed by atoms with Crippen LogP contribution in [-0.4, -0.2) is 50.1 Å². The fourth-order valence-electron chi connectivity index (χ4n) is 3.17.